The molecule has 0 aliphatic rings. The van der Waals surface area contributed by atoms with Crippen molar-refractivity contribution in [2.45, 2.75) is 6.54 Å². The fourth-order valence-corrected chi connectivity index (χ4v) is 3.76. The Labute approximate surface area is 149 Å². The first-order chi connectivity index (χ1) is 11.5. The van der Waals surface area contributed by atoms with Gasteiger partial charge in [-0.3, -0.25) is 14.9 Å². The summed E-state index contributed by atoms with van der Waals surface area (Å²) in [4.78, 5) is 27.9. The second kappa shape index (κ2) is 7.08. The molecular weight excluding hydrogens is 370 g/mol. The zero-order valence-electron chi connectivity index (χ0n) is 12.1. The number of hydrogen-bond acceptors (Lipinski definition) is 6. The molecule has 1 amide bonds. The van der Waals surface area contributed by atoms with Gasteiger partial charge in [0, 0.05) is 28.8 Å². The zero-order valence-corrected chi connectivity index (χ0v) is 14.5. The minimum atomic E-state index is -0.441. The van der Waals surface area contributed by atoms with Crippen LogP contribution in [0.3, 0.4) is 0 Å². The molecule has 2 heterocycles. The Morgan fingerprint density at radius 2 is 1.96 bits per heavy atom. The molecule has 24 heavy (non-hydrogen) atoms. The Balaban J connectivity index is 1.65. The summed E-state index contributed by atoms with van der Waals surface area (Å²) in [7, 11) is 0. The van der Waals surface area contributed by atoms with Gasteiger partial charge in [-0.25, -0.2) is 4.98 Å². The van der Waals surface area contributed by atoms with Gasteiger partial charge < -0.3 is 5.32 Å². The number of hydrogen-bond donors (Lipinski definition) is 1. The number of nitrogens with one attached hydrogen (secondary N) is 1. The lowest BCUT2D eigenvalue weighted by Crippen LogP contribution is -2.21. The Hall–Kier alpha value is -2.29. The summed E-state index contributed by atoms with van der Waals surface area (Å²) >= 11 is 8.46. The molecule has 0 saturated carbocycles. The molecule has 0 saturated heterocycles. The van der Waals surface area contributed by atoms with Crippen LogP contribution in [0.1, 0.15) is 14.5 Å². The van der Waals surface area contributed by atoms with Crippen molar-refractivity contribution in [2.75, 3.05) is 0 Å². The van der Waals surface area contributed by atoms with Gasteiger partial charge >= 0.3 is 0 Å². The van der Waals surface area contributed by atoms with Crippen molar-refractivity contribution >= 4 is 45.9 Å². The second-order valence-corrected chi connectivity index (χ2v) is 7.55. The second-order valence-electron chi connectivity index (χ2n) is 4.72. The molecular formula is C15H10ClN3O3S2. The number of thiophene rings is 1. The van der Waals surface area contributed by atoms with Crippen LogP contribution in [0.15, 0.2) is 42.6 Å². The van der Waals surface area contributed by atoms with Crippen molar-refractivity contribution in [3.8, 4) is 10.6 Å². The SMILES string of the molecule is O=C(NCc1cnc(-c2ccc([N+](=O)[O-])cc2)s1)c1ccc(Cl)s1. The molecule has 6 nitrogen and oxygen atoms in total. The van der Waals surface area contributed by atoms with E-state index >= 15 is 0 Å². The van der Waals surface area contributed by atoms with Gasteiger partial charge in [-0.15, -0.1) is 22.7 Å². The molecule has 122 valence electrons. The average molecular weight is 380 g/mol. The van der Waals surface area contributed by atoms with Gasteiger partial charge in [0.25, 0.3) is 11.6 Å². The van der Waals surface area contributed by atoms with E-state index < -0.39 is 4.92 Å². The van der Waals surface area contributed by atoms with Gasteiger partial charge in [-0.05, 0) is 24.3 Å². The van der Waals surface area contributed by atoms with E-state index in [1.165, 1.54) is 34.8 Å². The van der Waals surface area contributed by atoms with Crippen LogP contribution in [0.5, 0.6) is 0 Å². The number of non-ortho nitro benzene ring substituents is 1. The molecule has 0 atom stereocenters. The number of nitro benzene ring substituents is 1. The number of aromatic nitrogens is 1. The van der Waals surface area contributed by atoms with E-state index in [-0.39, 0.29) is 11.6 Å². The lowest BCUT2D eigenvalue weighted by Gasteiger charge is -2.00. The number of carbonyl (C=O) groups excluding carboxylic acids is 1. The minimum absolute atomic E-state index is 0.0393. The number of halogens is 1. The average Bonchev–Trinajstić information content (AvgIpc) is 3.22. The molecule has 0 unspecified atom stereocenters. The Morgan fingerprint density at radius 1 is 1.21 bits per heavy atom. The maximum atomic E-state index is 12.0. The Morgan fingerprint density at radius 3 is 2.58 bits per heavy atom. The van der Waals surface area contributed by atoms with Crippen LogP contribution in [0.2, 0.25) is 4.34 Å². The third-order valence-corrected chi connectivity index (χ3v) is 5.38. The van der Waals surface area contributed by atoms with Crippen molar-refractivity contribution in [2.24, 2.45) is 0 Å². The van der Waals surface area contributed by atoms with E-state index in [0.29, 0.717) is 15.8 Å². The summed E-state index contributed by atoms with van der Waals surface area (Å²) < 4.78 is 0.568. The molecule has 9 heteroatoms. The number of nitrogens with zero attached hydrogens (tertiary/aromatic N) is 2. The predicted molar refractivity (Wildman–Crippen MR) is 94.7 cm³/mol. The van der Waals surface area contributed by atoms with Crippen molar-refractivity contribution in [3.63, 3.8) is 0 Å². The largest absolute Gasteiger partial charge is 0.346 e. The van der Waals surface area contributed by atoms with Gasteiger partial charge in [0.15, 0.2) is 0 Å². The highest BCUT2D eigenvalue weighted by Gasteiger charge is 2.11. The Bertz CT molecular complexity index is 890. The fourth-order valence-electron chi connectivity index (χ4n) is 1.94. The highest BCUT2D eigenvalue weighted by molar-refractivity contribution is 7.18. The van der Waals surface area contributed by atoms with E-state index in [9.17, 15) is 14.9 Å². The maximum absolute atomic E-state index is 12.0. The molecule has 0 fully saturated rings. The number of nitro groups is 1. The van der Waals surface area contributed by atoms with E-state index in [1.54, 1.807) is 30.5 Å². The van der Waals surface area contributed by atoms with Crippen molar-refractivity contribution in [3.05, 3.63) is 66.8 Å². The third-order valence-electron chi connectivity index (χ3n) is 3.10. The van der Waals surface area contributed by atoms with Crippen LogP contribution in [0, 0.1) is 10.1 Å². The van der Waals surface area contributed by atoms with E-state index in [1.807, 2.05) is 0 Å². The van der Waals surface area contributed by atoms with Gasteiger partial charge in [0.1, 0.15) is 5.01 Å². The Kier molecular flexibility index (Phi) is 4.89. The zero-order chi connectivity index (χ0) is 17.1. The molecule has 3 rings (SSSR count). The fraction of sp³-hybridized carbons (Fsp3) is 0.0667. The molecule has 0 aliphatic heterocycles. The van der Waals surface area contributed by atoms with Crippen molar-refractivity contribution in [1.82, 2.24) is 10.3 Å². The first kappa shape index (κ1) is 16.6. The molecule has 0 bridgehead atoms. The van der Waals surface area contributed by atoms with Crippen LogP contribution >= 0.6 is 34.3 Å². The van der Waals surface area contributed by atoms with Crippen LogP contribution in [-0.4, -0.2) is 15.8 Å². The topological polar surface area (TPSA) is 85.1 Å². The number of thiazole rings is 1. The normalized spacial score (nSPS) is 10.5. The van der Waals surface area contributed by atoms with Gasteiger partial charge in [-0.2, -0.15) is 0 Å². The number of benzene rings is 1. The summed E-state index contributed by atoms with van der Waals surface area (Å²) in [5.41, 5.74) is 0.839. The first-order valence-corrected chi connectivity index (χ1v) is 8.77. The van der Waals surface area contributed by atoms with Crippen molar-refractivity contribution in [1.29, 1.82) is 0 Å². The monoisotopic (exact) mass is 379 g/mol. The van der Waals surface area contributed by atoms with Gasteiger partial charge in [0.05, 0.1) is 20.7 Å². The highest BCUT2D eigenvalue weighted by Crippen LogP contribution is 2.27. The van der Waals surface area contributed by atoms with E-state index in [0.717, 1.165) is 15.4 Å². The van der Waals surface area contributed by atoms with Gasteiger partial charge in [0.2, 0.25) is 0 Å². The van der Waals surface area contributed by atoms with Crippen LogP contribution in [0.25, 0.3) is 10.6 Å². The smallest absolute Gasteiger partial charge is 0.269 e. The number of rotatable bonds is 5. The third kappa shape index (κ3) is 3.78. The quantitative estimate of drug-likeness (QED) is 0.527. The standard InChI is InChI=1S/C15H10ClN3O3S2/c16-13-6-5-12(24-13)14(20)17-7-11-8-18-15(23-11)9-1-3-10(4-2-9)19(21)22/h1-6,8H,7H2,(H,17,20). The van der Waals surface area contributed by atoms with E-state index in [4.69, 9.17) is 11.6 Å². The summed E-state index contributed by atoms with van der Waals surface area (Å²) in [6, 6.07) is 9.56. The summed E-state index contributed by atoms with van der Waals surface area (Å²) in [6.07, 6.45) is 1.68. The molecule has 0 radical (unpaired) electrons. The highest BCUT2D eigenvalue weighted by atomic mass is 35.5. The predicted octanol–water partition coefficient (Wildman–Crippen LogP) is 4.36. The summed E-state index contributed by atoms with van der Waals surface area (Å²) in [5.74, 6) is -0.183. The molecule has 1 aromatic carbocycles. The lowest BCUT2D eigenvalue weighted by molar-refractivity contribution is -0.384. The van der Waals surface area contributed by atoms with E-state index in [2.05, 4.69) is 10.3 Å². The van der Waals surface area contributed by atoms with Crippen LogP contribution < -0.4 is 5.32 Å². The summed E-state index contributed by atoms with van der Waals surface area (Å²) in [5, 5.41) is 14.2. The molecule has 1 N–H and O–H groups in total. The summed E-state index contributed by atoms with van der Waals surface area (Å²) in [6.45, 7) is 0.360. The maximum Gasteiger partial charge on any atom is 0.269 e. The molecule has 0 aliphatic carbocycles. The minimum Gasteiger partial charge on any atom is -0.346 e. The van der Waals surface area contributed by atoms with Gasteiger partial charge in [-0.1, -0.05) is 11.6 Å². The molecule has 2 aromatic heterocycles. The number of amides is 1. The molecule has 3 aromatic rings. The number of carbonyl (C=O) groups is 1. The van der Waals surface area contributed by atoms with Crippen LogP contribution in [0.4, 0.5) is 5.69 Å². The molecule has 0 spiro atoms. The van der Waals surface area contributed by atoms with Crippen LogP contribution in [-0.2, 0) is 6.54 Å². The van der Waals surface area contributed by atoms with Crippen molar-refractivity contribution < 1.29 is 9.72 Å². The lowest BCUT2D eigenvalue weighted by atomic mass is 10.2. The first-order valence-electron chi connectivity index (χ1n) is 6.76.